The maximum atomic E-state index is 14.3. The van der Waals surface area contributed by atoms with E-state index in [0.29, 0.717) is 29.9 Å². The predicted octanol–water partition coefficient (Wildman–Crippen LogP) is 3.88. The van der Waals surface area contributed by atoms with E-state index >= 15 is 0 Å². The number of hydrogen-bond donors (Lipinski definition) is 1. The second-order valence-electron chi connectivity index (χ2n) is 7.39. The standard InChI is InChI=1S/C24H25FN4O4S/c1-4-12-33-22-9-8-20(13-21(22)25)34(31,32)19(5-2)7-6-17(3)14-27-23(30)18-15-28-24-26-10-11-29(24)16-18/h5-11,13,15-16H,2,4,12,14H2,1,3H3,(H,27,30)/b17-6+,19-7+. The van der Waals surface area contributed by atoms with Crippen LogP contribution in [0.25, 0.3) is 5.78 Å². The van der Waals surface area contributed by atoms with E-state index < -0.39 is 15.7 Å². The van der Waals surface area contributed by atoms with Crippen molar-refractivity contribution >= 4 is 21.5 Å². The molecule has 0 atom stereocenters. The number of fused-ring (bicyclic) bond motifs is 1. The molecule has 0 fully saturated rings. The van der Waals surface area contributed by atoms with Gasteiger partial charge in [0.2, 0.25) is 15.6 Å². The number of imidazole rings is 1. The molecular formula is C24H25FN4O4S. The summed E-state index contributed by atoms with van der Waals surface area (Å²) in [5.41, 5.74) is 1.05. The van der Waals surface area contributed by atoms with Gasteiger partial charge in [-0.05, 0) is 37.6 Å². The average Bonchev–Trinajstić information content (AvgIpc) is 3.30. The van der Waals surface area contributed by atoms with Crippen molar-refractivity contribution in [2.75, 3.05) is 13.2 Å². The van der Waals surface area contributed by atoms with Crippen LogP contribution in [-0.4, -0.2) is 41.8 Å². The van der Waals surface area contributed by atoms with E-state index in [9.17, 15) is 17.6 Å². The predicted molar refractivity (Wildman–Crippen MR) is 127 cm³/mol. The number of amides is 1. The number of halogens is 1. The Morgan fingerprint density at radius 3 is 2.79 bits per heavy atom. The van der Waals surface area contributed by atoms with E-state index in [2.05, 4.69) is 21.9 Å². The lowest BCUT2D eigenvalue weighted by Crippen LogP contribution is -2.25. The zero-order valence-electron chi connectivity index (χ0n) is 18.9. The van der Waals surface area contributed by atoms with Crippen LogP contribution in [0.3, 0.4) is 0 Å². The first-order valence-electron chi connectivity index (χ1n) is 10.5. The molecule has 2 aromatic heterocycles. The van der Waals surface area contributed by atoms with E-state index in [0.717, 1.165) is 6.07 Å². The molecule has 0 radical (unpaired) electrons. The fraction of sp³-hybridized carbons (Fsp3) is 0.208. The smallest absolute Gasteiger partial charge is 0.254 e. The molecule has 0 saturated carbocycles. The lowest BCUT2D eigenvalue weighted by atomic mass is 10.2. The molecule has 3 rings (SSSR count). The lowest BCUT2D eigenvalue weighted by molar-refractivity contribution is 0.0956. The molecule has 1 N–H and O–H groups in total. The Labute approximate surface area is 197 Å². The molecule has 8 nitrogen and oxygen atoms in total. The number of sulfone groups is 1. The van der Waals surface area contributed by atoms with Crippen LogP contribution in [0.5, 0.6) is 5.75 Å². The van der Waals surface area contributed by atoms with Crippen molar-refractivity contribution in [1.29, 1.82) is 0 Å². The quantitative estimate of drug-likeness (QED) is 0.438. The van der Waals surface area contributed by atoms with Gasteiger partial charge in [0, 0.05) is 31.3 Å². The van der Waals surface area contributed by atoms with E-state index in [1.807, 2.05) is 6.92 Å². The molecule has 0 spiro atoms. The van der Waals surface area contributed by atoms with Gasteiger partial charge >= 0.3 is 0 Å². The Hall–Kier alpha value is -3.79. The summed E-state index contributed by atoms with van der Waals surface area (Å²) in [6.07, 6.45) is 11.1. The van der Waals surface area contributed by atoms with Gasteiger partial charge in [-0.3, -0.25) is 9.20 Å². The molecule has 10 heteroatoms. The Kier molecular flexibility index (Phi) is 7.95. The molecule has 34 heavy (non-hydrogen) atoms. The SMILES string of the molecule is C=C/C(=C\C=C(/C)CNC(=O)c1cnc2nccn2c1)S(=O)(=O)c1ccc(OCCC)c(F)c1. The zero-order chi connectivity index (χ0) is 24.7. The van der Waals surface area contributed by atoms with Crippen molar-refractivity contribution < 1.29 is 22.3 Å². The first kappa shape index (κ1) is 24.8. The molecule has 0 aliphatic heterocycles. The molecule has 1 aromatic carbocycles. The fourth-order valence-electron chi connectivity index (χ4n) is 2.92. The van der Waals surface area contributed by atoms with Crippen molar-refractivity contribution in [3.8, 4) is 5.75 Å². The summed E-state index contributed by atoms with van der Waals surface area (Å²) < 4.78 is 47.0. The van der Waals surface area contributed by atoms with Gasteiger partial charge in [-0.1, -0.05) is 31.2 Å². The monoisotopic (exact) mass is 484 g/mol. The van der Waals surface area contributed by atoms with Gasteiger partial charge in [-0.15, -0.1) is 0 Å². The Balaban J connectivity index is 1.70. The largest absolute Gasteiger partial charge is 0.491 e. The van der Waals surface area contributed by atoms with Gasteiger partial charge in [-0.2, -0.15) is 0 Å². The van der Waals surface area contributed by atoms with Crippen LogP contribution in [0.2, 0.25) is 0 Å². The van der Waals surface area contributed by atoms with Crippen LogP contribution >= 0.6 is 0 Å². The summed E-state index contributed by atoms with van der Waals surface area (Å²) in [6.45, 7) is 7.70. The molecule has 0 aliphatic carbocycles. The molecule has 0 saturated heterocycles. The first-order chi connectivity index (χ1) is 16.3. The van der Waals surface area contributed by atoms with Crippen molar-refractivity contribution in [2.24, 2.45) is 0 Å². The summed E-state index contributed by atoms with van der Waals surface area (Å²) in [7, 11) is -4.00. The number of carbonyl (C=O) groups excluding carboxylic acids is 1. The van der Waals surface area contributed by atoms with Crippen LogP contribution in [-0.2, 0) is 9.84 Å². The minimum absolute atomic E-state index is 0.00111. The molecule has 178 valence electrons. The number of carbonyl (C=O) groups is 1. The summed E-state index contributed by atoms with van der Waals surface area (Å²) in [6, 6.07) is 3.52. The van der Waals surface area contributed by atoms with Crippen molar-refractivity contribution in [3.05, 3.63) is 89.7 Å². The van der Waals surface area contributed by atoms with Gasteiger partial charge < -0.3 is 10.1 Å². The summed E-state index contributed by atoms with van der Waals surface area (Å²) >= 11 is 0. The number of allylic oxidation sites excluding steroid dienone is 3. The molecular weight excluding hydrogens is 459 g/mol. The minimum Gasteiger partial charge on any atom is -0.491 e. The number of nitrogens with zero attached hydrogens (tertiary/aromatic N) is 3. The number of hydrogen-bond acceptors (Lipinski definition) is 6. The molecule has 3 aromatic rings. The normalized spacial score (nSPS) is 12.6. The van der Waals surface area contributed by atoms with Crippen LogP contribution in [0, 0.1) is 5.82 Å². The van der Waals surface area contributed by atoms with Crippen molar-refractivity contribution in [2.45, 2.75) is 25.2 Å². The highest BCUT2D eigenvalue weighted by Gasteiger charge is 2.20. The highest BCUT2D eigenvalue weighted by Crippen LogP contribution is 2.26. The molecule has 2 heterocycles. The average molecular weight is 485 g/mol. The third-order valence-corrected chi connectivity index (χ3v) is 6.55. The Morgan fingerprint density at radius 1 is 1.29 bits per heavy atom. The second kappa shape index (κ2) is 10.9. The molecule has 0 unspecified atom stereocenters. The number of benzene rings is 1. The van der Waals surface area contributed by atoms with E-state index in [4.69, 9.17) is 4.74 Å². The Morgan fingerprint density at radius 2 is 2.09 bits per heavy atom. The maximum Gasteiger partial charge on any atom is 0.254 e. The van der Waals surface area contributed by atoms with Crippen molar-refractivity contribution in [3.63, 3.8) is 0 Å². The Bertz CT molecular complexity index is 1380. The first-order valence-corrected chi connectivity index (χ1v) is 12.0. The highest BCUT2D eigenvalue weighted by molar-refractivity contribution is 7.95. The van der Waals surface area contributed by atoms with E-state index in [-0.39, 0.29) is 28.0 Å². The van der Waals surface area contributed by atoms with Crippen LogP contribution < -0.4 is 10.1 Å². The summed E-state index contributed by atoms with van der Waals surface area (Å²) in [5, 5.41) is 2.75. The van der Waals surface area contributed by atoms with Gasteiger partial charge in [-0.25, -0.2) is 22.8 Å². The highest BCUT2D eigenvalue weighted by atomic mass is 32.2. The maximum absolute atomic E-state index is 14.3. The number of ether oxygens (including phenoxy) is 1. The number of rotatable bonds is 10. The van der Waals surface area contributed by atoms with Gasteiger partial charge in [0.25, 0.3) is 5.91 Å². The molecule has 1 amide bonds. The van der Waals surface area contributed by atoms with Crippen LogP contribution in [0.15, 0.2) is 83.2 Å². The van der Waals surface area contributed by atoms with Crippen LogP contribution in [0.1, 0.15) is 30.6 Å². The van der Waals surface area contributed by atoms with Gasteiger partial charge in [0.05, 0.1) is 22.0 Å². The second-order valence-corrected chi connectivity index (χ2v) is 9.34. The van der Waals surface area contributed by atoms with Crippen LogP contribution in [0.4, 0.5) is 4.39 Å². The zero-order valence-corrected chi connectivity index (χ0v) is 19.7. The van der Waals surface area contributed by atoms with E-state index in [1.54, 1.807) is 36.0 Å². The van der Waals surface area contributed by atoms with Gasteiger partial charge in [0.1, 0.15) is 0 Å². The molecule has 0 bridgehead atoms. The molecule has 0 aliphatic rings. The third kappa shape index (κ3) is 5.76. The number of nitrogens with one attached hydrogen (secondary N) is 1. The lowest BCUT2D eigenvalue weighted by Gasteiger charge is -2.09. The third-order valence-electron chi connectivity index (χ3n) is 4.75. The van der Waals surface area contributed by atoms with Gasteiger partial charge in [0.15, 0.2) is 11.6 Å². The fourth-order valence-corrected chi connectivity index (χ4v) is 4.16. The summed E-state index contributed by atoms with van der Waals surface area (Å²) in [4.78, 5) is 20.2. The van der Waals surface area contributed by atoms with E-state index in [1.165, 1.54) is 30.5 Å². The minimum atomic E-state index is -4.00. The topological polar surface area (TPSA) is 103 Å². The van der Waals surface area contributed by atoms with Crippen molar-refractivity contribution in [1.82, 2.24) is 19.7 Å². The number of aromatic nitrogens is 3. The summed E-state index contributed by atoms with van der Waals surface area (Å²) in [5.74, 6) is -0.606.